The fraction of sp³-hybridized carbons (Fsp3) is 0.261. The number of non-ortho nitro benzene ring substituents is 1. The van der Waals surface area contributed by atoms with Crippen molar-refractivity contribution in [2.24, 2.45) is 0 Å². The van der Waals surface area contributed by atoms with Crippen LogP contribution in [0, 0.1) is 21.4 Å². The van der Waals surface area contributed by atoms with E-state index in [2.05, 4.69) is 16.3 Å². The number of hydrogen-bond acceptors (Lipinski definition) is 8. The molecular formula is C23H21N7O5S. The van der Waals surface area contributed by atoms with Gasteiger partial charge in [-0.2, -0.15) is 19.8 Å². The number of rotatable bonds is 6. The second kappa shape index (κ2) is 9.06. The van der Waals surface area contributed by atoms with Crippen LogP contribution in [0.5, 0.6) is 5.75 Å². The maximum atomic E-state index is 13.0. The van der Waals surface area contributed by atoms with Gasteiger partial charge in [0.15, 0.2) is 0 Å². The van der Waals surface area contributed by atoms with Gasteiger partial charge in [0.1, 0.15) is 22.9 Å². The smallest absolute Gasteiger partial charge is 0.269 e. The molecule has 12 nitrogen and oxygen atoms in total. The molecular weight excluding hydrogens is 486 g/mol. The summed E-state index contributed by atoms with van der Waals surface area (Å²) in [7, 11) is -2.21. The van der Waals surface area contributed by atoms with Crippen molar-refractivity contribution in [2.45, 2.75) is 23.8 Å². The standard InChI is InChI=1S/C23H21N7O5S/c1-35-22-10-16(14-29-23(22)17(11-24)12-26-29)18-13-25-28(15-18)19-6-8-27(9-7-19)36(33,34)21-4-2-20(3-5-21)30(31)32/h2-5,10,12-15,19H,6-9H2,1H3. The van der Waals surface area contributed by atoms with Crippen LogP contribution in [0.2, 0.25) is 0 Å². The minimum absolute atomic E-state index is 0.0163. The Bertz CT molecular complexity index is 1590. The number of hydrogen-bond donors (Lipinski definition) is 0. The van der Waals surface area contributed by atoms with Crippen LogP contribution in [-0.4, -0.2) is 57.2 Å². The summed E-state index contributed by atoms with van der Waals surface area (Å²) in [5, 5.41) is 28.9. The van der Waals surface area contributed by atoms with Gasteiger partial charge in [-0.25, -0.2) is 12.9 Å². The Hall–Kier alpha value is -4.28. The number of piperidine rings is 1. The predicted octanol–water partition coefficient (Wildman–Crippen LogP) is 3.01. The van der Waals surface area contributed by atoms with Crippen molar-refractivity contribution in [1.29, 1.82) is 5.26 Å². The van der Waals surface area contributed by atoms with Gasteiger partial charge < -0.3 is 4.74 Å². The highest BCUT2D eigenvalue weighted by Crippen LogP contribution is 2.32. The Morgan fingerprint density at radius 1 is 1.11 bits per heavy atom. The molecule has 0 radical (unpaired) electrons. The molecule has 0 saturated carbocycles. The zero-order valence-corrected chi connectivity index (χ0v) is 20.0. The minimum atomic E-state index is -3.74. The first-order valence-corrected chi connectivity index (χ1v) is 12.5. The molecule has 0 N–H and O–H groups in total. The predicted molar refractivity (Wildman–Crippen MR) is 128 cm³/mol. The number of sulfonamides is 1. The molecule has 0 atom stereocenters. The van der Waals surface area contributed by atoms with Crippen molar-refractivity contribution in [1.82, 2.24) is 23.7 Å². The van der Waals surface area contributed by atoms with Gasteiger partial charge in [0.05, 0.1) is 35.4 Å². The number of aromatic nitrogens is 4. The van der Waals surface area contributed by atoms with Gasteiger partial charge in [0.2, 0.25) is 10.0 Å². The second-order valence-electron chi connectivity index (χ2n) is 8.36. The fourth-order valence-corrected chi connectivity index (χ4v) is 5.87. The quantitative estimate of drug-likeness (QED) is 0.286. The van der Waals surface area contributed by atoms with E-state index in [1.807, 2.05) is 16.9 Å². The van der Waals surface area contributed by atoms with Crippen molar-refractivity contribution in [3.63, 3.8) is 0 Å². The first-order valence-electron chi connectivity index (χ1n) is 11.1. The van der Waals surface area contributed by atoms with E-state index in [1.54, 1.807) is 16.9 Å². The van der Waals surface area contributed by atoms with E-state index in [1.165, 1.54) is 41.9 Å². The van der Waals surface area contributed by atoms with E-state index in [9.17, 15) is 23.8 Å². The van der Waals surface area contributed by atoms with Crippen molar-refractivity contribution in [3.8, 4) is 22.9 Å². The summed E-state index contributed by atoms with van der Waals surface area (Å²) in [4.78, 5) is 10.3. The molecule has 13 heteroatoms. The number of methoxy groups -OCH3 is 1. The molecule has 4 aromatic rings. The lowest BCUT2D eigenvalue weighted by Gasteiger charge is -2.31. The molecule has 184 valence electrons. The number of ether oxygens (including phenoxy) is 1. The zero-order valence-electron chi connectivity index (χ0n) is 19.2. The largest absolute Gasteiger partial charge is 0.494 e. The molecule has 0 unspecified atom stereocenters. The maximum absolute atomic E-state index is 13.0. The minimum Gasteiger partial charge on any atom is -0.494 e. The summed E-state index contributed by atoms with van der Waals surface area (Å²) < 4.78 is 36.3. The number of nitrogens with zero attached hydrogens (tertiary/aromatic N) is 7. The number of pyridine rings is 1. The Kier molecular flexibility index (Phi) is 5.91. The average molecular weight is 508 g/mol. The molecule has 3 aromatic heterocycles. The van der Waals surface area contributed by atoms with Crippen molar-refractivity contribution >= 4 is 21.2 Å². The van der Waals surface area contributed by atoms with Gasteiger partial charge in [-0.15, -0.1) is 0 Å². The SMILES string of the molecule is COc1cc(-c2cnn(C3CCN(S(=O)(=O)c4ccc([N+](=O)[O-])cc4)CC3)c2)cn2ncc(C#N)c12. The van der Waals surface area contributed by atoms with Crippen LogP contribution in [0.1, 0.15) is 24.4 Å². The number of benzene rings is 1. The van der Waals surface area contributed by atoms with Crippen LogP contribution in [0.15, 0.2) is 60.0 Å². The van der Waals surface area contributed by atoms with E-state index in [0.29, 0.717) is 42.8 Å². The molecule has 1 aromatic carbocycles. The molecule has 1 fully saturated rings. The number of nitro groups is 1. The average Bonchev–Trinajstić information content (AvgIpc) is 3.56. The van der Waals surface area contributed by atoms with Gasteiger partial charge >= 0.3 is 0 Å². The molecule has 1 aliphatic heterocycles. The van der Waals surface area contributed by atoms with Crippen molar-refractivity contribution in [2.75, 3.05) is 20.2 Å². The molecule has 5 rings (SSSR count). The Morgan fingerprint density at radius 2 is 1.83 bits per heavy atom. The van der Waals surface area contributed by atoms with E-state index in [0.717, 1.165) is 11.1 Å². The van der Waals surface area contributed by atoms with Crippen molar-refractivity contribution in [3.05, 3.63) is 70.8 Å². The molecule has 0 aliphatic carbocycles. The number of nitriles is 1. The highest BCUT2D eigenvalue weighted by Gasteiger charge is 2.30. The molecule has 4 heterocycles. The molecule has 0 amide bonds. The Morgan fingerprint density at radius 3 is 2.47 bits per heavy atom. The van der Waals surface area contributed by atoms with Crippen LogP contribution < -0.4 is 4.74 Å². The van der Waals surface area contributed by atoms with Crippen LogP contribution in [0.25, 0.3) is 16.6 Å². The lowest BCUT2D eigenvalue weighted by atomic mass is 10.1. The third kappa shape index (κ3) is 4.06. The molecule has 0 spiro atoms. The lowest BCUT2D eigenvalue weighted by molar-refractivity contribution is -0.384. The van der Waals surface area contributed by atoms with Gasteiger partial charge in [0, 0.05) is 48.7 Å². The number of nitro benzene ring substituents is 1. The van der Waals surface area contributed by atoms with Crippen LogP contribution in [0.3, 0.4) is 0 Å². The maximum Gasteiger partial charge on any atom is 0.269 e. The van der Waals surface area contributed by atoms with Gasteiger partial charge in [0.25, 0.3) is 5.69 Å². The first kappa shape index (κ1) is 23.5. The van der Waals surface area contributed by atoms with E-state index in [4.69, 9.17) is 4.74 Å². The van der Waals surface area contributed by atoms with E-state index < -0.39 is 14.9 Å². The molecule has 1 saturated heterocycles. The number of fused-ring (bicyclic) bond motifs is 1. The Balaban J connectivity index is 1.31. The van der Waals surface area contributed by atoms with Gasteiger partial charge in [-0.05, 0) is 31.0 Å². The van der Waals surface area contributed by atoms with Gasteiger partial charge in [-0.1, -0.05) is 0 Å². The topological polar surface area (TPSA) is 149 Å². The summed E-state index contributed by atoms with van der Waals surface area (Å²) in [5.41, 5.74) is 2.51. The summed E-state index contributed by atoms with van der Waals surface area (Å²) in [6, 6.07) is 8.88. The highest BCUT2D eigenvalue weighted by molar-refractivity contribution is 7.89. The molecule has 0 bridgehead atoms. The summed E-state index contributed by atoms with van der Waals surface area (Å²) >= 11 is 0. The van der Waals surface area contributed by atoms with E-state index >= 15 is 0 Å². The van der Waals surface area contributed by atoms with E-state index in [-0.39, 0.29) is 16.6 Å². The Labute approximate surface area is 206 Å². The van der Waals surface area contributed by atoms with Crippen molar-refractivity contribution < 1.29 is 18.1 Å². The first-order chi connectivity index (χ1) is 17.3. The van der Waals surface area contributed by atoms with Gasteiger partial charge in [-0.3, -0.25) is 14.8 Å². The lowest BCUT2D eigenvalue weighted by Crippen LogP contribution is -2.39. The summed E-state index contributed by atoms with van der Waals surface area (Å²) in [6.07, 6.45) is 8.07. The van der Waals surface area contributed by atoms with Crippen LogP contribution in [0.4, 0.5) is 5.69 Å². The third-order valence-electron chi connectivity index (χ3n) is 6.33. The third-order valence-corrected chi connectivity index (χ3v) is 8.25. The second-order valence-corrected chi connectivity index (χ2v) is 10.3. The summed E-state index contributed by atoms with van der Waals surface area (Å²) in [5.74, 6) is 0.527. The molecule has 36 heavy (non-hydrogen) atoms. The van der Waals surface area contributed by atoms with Crippen LogP contribution in [-0.2, 0) is 10.0 Å². The fourth-order valence-electron chi connectivity index (χ4n) is 4.40. The normalized spacial score (nSPS) is 15.1. The monoisotopic (exact) mass is 507 g/mol. The highest BCUT2D eigenvalue weighted by atomic mass is 32.2. The molecule has 1 aliphatic rings. The summed E-state index contributed by atoms with van der Waals surface area (Å²) in [6.45, 7) is 0.617. The van der Waals surface area contributed by atoms with Crippen LogP contribution >= 0.6 is 0 Å². The zero-order chi connectivity index (χ0) is 25.4.